The van der Waals surface area contributed by atoms with Gasteiger partial charge in [0.2, 0.25) is 5.60 Å². The lowest BCUT2D eigenvalue weighted by atomic mass is 9.86. The predicted octanol–water partition coefficient (Wildman–Crippen LogP) is 2.91. The molecule has 112 valence electrons. The van der Waals surface area contributed by atoms with E-state index in [9.17, 15) is 27.1 Å². The molecular formula is C13H9F5N2O. The summed E-state index contributed by atoms with van der Waals surface area (Å²) < 4.78 is 66.0. The van der Waals surface area contributed by atoms with E-state index >= 15 is 0 Å². The minimum Gasteiger partial charge on any atom is -0.372 e. The Hall–Kier alpha value is -2.09. The molecular weight excluding hydrogens is 295 g/mol. The second-order valence-corrected chi connectivity index (χ2v) is 4.21. The van der Waals surface area contributed by atoms with E-state index in [2.05, 4.69) is 9.97 Å². The fraction of sp³-hybridized carbons (Fsp3) is 0.231. The zero-order valence-corrected chi connectivity index (χ0v) is 10.4. The zero-order valence-electron chi connectivity index (χ0n) is 10.4. The lowest BCUT2D eigenvalue weighted by molar-refractivity contribution is -0.338. The van der Waals surface area contributed by atoms with Crippen molar-refractivity contribution in [2.45, 2.75) is 17.7 Å². The molecule has 0 aliphatic heterocycles. The Labute approximate surface area is 116 Å². The van der Waals surface area contributed by atoms with Gasteiger partial charge in [0.1, 0.15) is 0 Å². The van der Waals surface area contributed by atoms with E-state index < -0.39 is 29.1 Å². The van der Waals surface area contributed by atoms with Gasteiger partial charge in [0.15, 0.2) is 0 Å². The Kier molecular flexibility index (Phi) is 3.66. The molecule has 2 aromatic rings. The summed E-state index contributed by atoms with van der Waals surface area (Å²) in [5.41, 5.74) is -5.40. The lowest BCUT2D eigenvalue weighted by Crippen LogP contribution is -2.56. The molecule has 0 unspecified atom stereocenters. The zero-order chi connectivity index (χ0) is 15.7. The molecule has 0 radical (unpaired) electrons. The minimum absolute atomic E-state index is 0.842. The lowest BCUT2D eigenvalue weighted by Gasteiger charge is -2.35. The third kappa shape index (κ3) is 2.35. The van der Waals surface area contributed by atoms with Crippen molar-refractivity contribution in [3.05, 3.63) is 60.2 Å². The number of aromatic nitrogens is 2. The Bertz CT molecular complexity index is 561. The highest BCUT2D eigenvalue weighted by atomic mass is 19.4. The molecule has 2 aromatic heterocycles. The predicted molar refractivity (Wildman–Crippen MR) is 62.5 cm³/mol. The monoisotopic (exact) mass is 304 g/mol. The molecule has 0 atom stereocenters. The van der Waals surface area contributed by atoms with Crippen LogP contribution in [0.25, 0.3) is 0 Å². The number of halogens is 5. The fourth-order valence-corrected chi connectivity index (χ4v) is 1.81. The van der Waals surface area contributed by atoms with Crippen molar-refractivity contribution in [3.63, 3.8) is 0 Å². The molecule has 0 amide bonds. The van der Waals surface area contributed by atoms with Gasteiger partial charge in [0.05, 0.1) is 11.4 Å². The van der Waals surface area contributed by atoms with Crippen LogP contribution in [0, 0.1) is 0 Å². The van der Waals surface area contributed by atoms with E-state index in [0.29, 0.717) is 0 Å². The van der Waals surface area contributed by atoms with Gasteiger partial charge >= 0.3 is 12.1 Å². The summed E-state index contributed by atoms with van der Waals surface area (Å²) in [4.78, 5) is 6.87. The van der Waals surface area contributed by atoms with Gasteiger partial charge in [-0.25, -0.2) is 0 Å². The van der Waals surface area contributed by atoms with Crippen molar-refractivity contribution < 1.29 is 27.1 Å². The first kappa shape index (κ1) is 15.3. The van der Waals surface area contributed by atoms with Crippen molar-refractivity contribution >= 4 is 0 Å². The number of alkyl halides is 5. The fourth-order valence-electron chi connectivity index (χ4n) is 1.81. The molecule has 0 aliphatic rings. The van der Waals surface area contributed by atoms with Gasteiger partial charge in [-0.15, -0.1) is 0 Å². The standard InChI is InChI=1S/C13H9F5N2O/c14-12(15,13(16,17)18)11(21,9-5-1-3-7-19-9)10-6-2-4-8-20-10/h1-8,21H. The van der Waals surface area contributed by atoms with Gasteiger partial charge in [-0.05, 0) is 24.3 Å². The molecule has 0 fully saturated rings. The molecule has 3 nitrogen and oxygen atoms in total. The maximum atomic E-state index is 13.9. The van der Waals surface area contributed by atoms with Crippen LogP contribution < -0.4 is 0 Å². The maximum absolute atomic E-state index is 13.9. The number of hydrogen-bond donors (Lipinski definition) is 1. The second kappa shape index (κ2) is 5.03. The van der Waals surface area contributed by atoms with Crippen molar-refractivity contribution in [1.29, 1.82) is 0 Å². The van der Waals surface area contributed by atoms with Gasteiger partial charge in [-0.3, -0.25) is 9.97 Å². The van der Waals surface area contributed by atoms with Crippen LogP contribution in [0.1, 0.15) is 11.4 Å². The molecule has 21 heavy (non-hydrogen) atoms. The molecule has 1 N–H and O–H groups in total. The number of nitrogens with zero attached hydrogens (tertiary/aromatic N) is 2. The first-order chi connectivity index (χ1) is 9.71. The summed E-state index contributed by atoms with van der Waals surface area (Å²) in [5, 5.41) is 10.2. The smallest absolute Gasteiger partial charge is 0.372 e. The molecule has 0 aliphatic carbocycles. The van der Waals surface area contributed by atoms with Gasteiger partial charge in [-0.1, -0.05) is 12.1 Å². The van der Waals surface area contributed by atoms with Crippen molar-refractivity contribution in [2.75, 3.05) is 0 Å². The van der Waals surface area contributed by atoms with Crippen LogP contribution >= 0.6 is 0 Å². The molecule has 8 heteroatoms. The van der Waals surface area contributed by atoms with E-state index in [1.54, 1.807) is 0 Å². The van der Waals surface area contributed by atoms with Gasteiger partial charge in [0.25, 0.3) is 0 Å². The first-order valence-corrected chi connectivity index (χ1v) is 5.71. The first-order valence-electron chi connectivity index (χ1n) is 5.71. The Balaban J connectivity index is 2.73. The molecule has 0 aromatic carbocycles. The summed E-state index contributed by atoms with van der Waals surface area (Å²) in [6, 6.07) is 6.82. The van der Waals surface area contributed by atoms with Gasteiger partial charge in [-0.2, -0.15) is 22.0 Å². The average Bonchev–Trinajstić information content (AvgIpc) is 2.47. The number of pyridine rings is 2. The van der Waals surface area contributed by atoms with Crippen LogP contribution in [-0.2, 0) is 5.60 Å². The summed E-state index contributed by atoms with van der Waals surface area (Å²) in [5.74, 6) is -5.47. The van der Waals surface area contributed by atoms with E-state index in [0.717, 1.165) is 24.5 Å². The number of hydrogen-bond acceptors (Lipinski definition) is 3. The third-order valence-electron chi connectivity index (χ3n) is 2.88. The average molecular weight is 304 g/mol. The van der Waals surface area contributed by atoms with Crippen LogP contribution in [0.4, 0.5) is 22.0 Å². The highest BCUT2D eigenvalue weighted by molar-refractivity contribution is 5.31. The van der Waals surface area contributed by atoms with E-state index in [4.69, 9.17) is 0 Å². The highest BCUT2D eigenvalue weighted by Gasteiger charge is 2.72. The van der Waals surface area contributed by atoms with E-state index in [-0.39, 0.29) is 0 Å². The van der Waals surface area contributed by atoms with Crippen LogP contribution in [0.3, 0.4) is 0 Å². The maximum Gasteiger partial charge on any atom is 0.457 e. The molecule has 0 saturated carbocycles. The second-order valence-electron chi connectivity index (χ2n) is 4.21. The van der Waals surface area contributed by atoms with Crippen LogP contribution in [0.2, 0.25) is 0 Å². The van der Waals surface area contributed by atoms with Crippen molar-refractivity contribution in [2.24, 2.45) is 0 Å². The highest BCUT2D eigenvalue weighted by Crippen LogP contribution is 2.50. The van der Waals surface area contributed by atoms with E-state index in [1.807, 2.05) is 0 Å². The Morgan fingerprint density at radius 2 is 1.19 bits per heavy atom. The van der Waals surface area contributed by atoms with Gasteiger partial charge < -0.3 is 5.11 Å². The molecule has 2 rings (SSSR count). The topological polar surface area (TPSA) is 46.0 Å². The summed E-state index contributed by atoms with van der Waals surface area (Å²) >= 11 is 0. The van der Waals surface area contributed by atoms with Crippen molar-refractivity contribution in [1.82, 2.24) is 9.97 Å². The van der Waals surface area contributed by atoms with Crippen LogP contribution in [-0.4, -0.2) is 27.2 Å². The third-order valence-corrected chi connectivity index (χ3v) is 2.88. The van der Waals surface area contributed by atoms with Crippen LogP contribution in [0.15, 0.2) is 48.8 Å². The molecule has 0 saturated heterocycles. The number of rotatable bonds is 3. The summed E-state index contributed by atoms with van der Waals surface area (Å²) in [7, 11) is 0. The summed E-state index contributed by atoms with van der Waals surface area (Å²) in [6.07, 6.45) is -3.96. The van der Waals surface area contributed by atoms with Crippen molar-refractivity contribution in [3.8, 4) is 0 Å². The molecule has 0 spiro atoms. The number of aliphatic hydroxyl groups is 1. The van der Waals surface area contributed by atoms with Crippen LogP contribution in [0.5, 0.6) is 0 Å². The Morgan fingerprint density at radius 3 is 1.48 bits per heavy atom. The largest absolute Gasteiger partial charge is 0.457 e. The molecule has 2 heterocycles. The quantitative estimate of drug-likeness (QED) is 0.887. The normalized spacial score (nSPS) is 13.2. The summed E-state index contributed by atoms with van der Waals surface area (Å²) in [6.45, 7) is 0. The van der Waals surface area contributed by atoms with Gasteiger partial charge in [0, 0.05) is 12.4 Å². The Morgan fingerprint density at radius 1 is 0.762 bits per heavy atom. The minimum atomic E-state index is -5.98. The SMILES string of the molecule is OC(c1ccccn1)(c1ccccn1)C(F)(F)C(F)(F)F. The van der Waals surface area contributed by atoms with E-state index in [1.165, 1.54) is 24.3 Å². The molecule has 0 bridgehead atoms.